The highest BCUT2D eigenvalue weighted by molar-refractivity contribution is 5.66. The Kier molecular flexibility index (Phi) is 19.7. The van der Waals surface area contributed by atoms with Crippen molar-refractivity contribution in [3.05, 3.63) is 0 Å². The molecule has 0 aliphatic heterocycles. The van der Waals surface area contributed by atoms with E-state index in [-0.39, 0.29) is 25.0 Å². The lowest BCUT2D eigenvalue weighted by Crippen LogP contribution is -2.27. The first-order valence-electron chi connectivity index (χ1n) is 11.6. The summed E-state index contributed by atoms with van der Waals surface area (Å²) in [6, 6.07) is 0. The molecule has 0 fully saturated rings. The Balaban J connectivity index is 4.10. The number of aliphatic hydroxyl groups excluding tert-OH is 1. The summed E-state index contributed by atoms with van der Waals surface area (Å²) >= 11 is 0. The molecule has 162 valence electrons. The zero-order valence-electron chi connectivity index (χ0n) is 18.1. The molecule has 0 radical (unpaired) electrons. The second-order valence-electron chi connectivity index (χ2n) is 7.96. The quantitative estimate of drug-likeness (QED) is 0.226. The van der Waals surface area contributed by atoms with E-state index in [2.05, 4.69) is 13.8 Å². The lowest BCUT2D eigenvalue weighted by Gasteiger charge is -2.26. The summed E-state index contributed by atoms with van der Waals surface area (Å²) in [5.41, 5.74) is 0. The molecule has 4 nitrogen and oxygen atoms in total. The number of rotatable bonds is 21. The Labute approximate surface area is 168 Å². The van der Waals surface area contributed by atoms with Gasteiger partial charge in [0.05, 0.1) is 6.10 Å². The molecule has 0 heterocycles. The van der Waals surface area contributed by atoms with Gasteiger partial charge in [-0.25, -0.2) is 0 Å². The molecule has 0 aromatic carbocycles. The Bertz CT molecular complexity index is 320. The van der Waals surface area contributed by atoms with Gasteiger partial charge in [0.1, 0.15) is 0 Å². The highest BCUT2D eigenvalue weighted by Gasteiger charge is 2.21. The first kappa shape index (κ1) is 26.4. The molecule has 0 amide bonds. The Hall–Kier alpha value is -0.610. The van der Waals surface area contributed by atoms with E-state index in [9.17, 15) is 9.90 Å². The lowest BCUT2D eigenvalue weighted by atomic mass is 9.92. The van der Waals surface area contributed by atoms with Crippen LogP contribution in [0.4, 0.5) is 0 Å². The van der Waals surface area contributed by atoms with E-state index in [4.69, 9.17) is 9.84 Å². The van der Waals surface area contributed by atoms with Crippen LogP contribution in [0.5, 0.6) is 0 Å². The van der Waals surface area contributed by atoms with Crippen LogP contribution in [0, 0.1) is 5.92 Å². The minimum absolute atomic E-state index is 0.177. The van der Waals surface area contributed by atoms with Crippen LogP contribution in [0.1, 0.15) is 117 Å². The van der Waals surface area contributed by atoms with Crippen molar-refractivity contribution < 1.29 is 19.7 Å². The molecule has 2 atom stereocenters. The second-order valence-corrected chi connectivity index (χ2v) is 7.96. The molecule has 0 aliphatic carbocycles. The van der Waals surface area contributed by atoms with Crippen LogP contribution < -0.4 is 0 Å². The fraction of sp³-hybridized carbons (Fsp3) is 0.957. The van der Waals surface area contributed by atoms with Gasteiger partial charge in [0.15, 0.2) is 0 Å². The van der Waals surface area contributed by atoms with Crippen LogP contribution >= 0.6 is 0 Å². The van der Waals surface area contributed by atoms with Crippen LogP contribution in [0.2, 0.25) is 0 Å². The highest BCUT2D eigenvalue weighted by atomic mass is 16.5. The molecule has 2 N–H and O–H groups in total. The Morgan fingerprint density at radius 1 is 0.778 bits per heavy atom. The zero-order valence-corrected chi connectivity index (χ0v) is 18.1. The third-order valence-corrected chi connectivity index (χ3v) is 5.40. The van der Waals surface area contributed by atoms with Crippen molar-refractivity contribution >= 4 is 5.97 Å². The van der Waals surface area contributed by atoms with Gasteiger partial charge in [-0.1, -0.05) is 84.5 Å². The number of carboxylic acid groups (broad SMARTS) is 1. The van der Waals surface area contributed by atoms with Crippen molar-refractivity contribution in [1.29, 1.82) is 0 Å². The summed E-state index contributed by atoms with van der Waals surface area (Å²) in [5.74, 6) is -0.431. The molecule has 0 spiro atoms. The maximum Gasteiger partial charge on any atom is 0.303 e. The molecule has 0 saturated heterocycles. The predicted octanol–water partition coefficient (Wildman–Crippen LogP) is 6.35. The lowest BCUT2D eigenvalue weighted by molar-refractivity contribution is -0.137. The molecule has 0 rings (SSSR count). The van der Waals surface area contributed by atoms with E-state index in [1.807, 2.05) is 0 Å². The third-order valence-electron chi connectivity index (χ3n) is 5.40. The molecular formula is C23H46O4. The summed E-state index contributed by atoms with van der Waals surface area (Å²) < 4.78 is 6.15. The normalized spacial score (nSPS) is 13.6. The maximum atomic E-state index is 10.5. The fourth-order valence-electron chi connectivity index (χ4n) is 3.57. The van der Waals surface area contributed by atoms with Crippen LogP contribution in [0.25, 0.3) is 0 Å². The molecule has 4 heteroatoms. The van der Waals surface area contributed by atoms with E-state index >= 15 is 0 Å². The van der Waals surface area contributed by atoms with Crippen molar-refractivity contribution in [3.8, 4) is 0 Å². The average Bonchev–Trinajstić information content (AvgIpc) is 2.65. The van der Waals surface area contributed by atoms with Gasteiger partial charge in [0, 0.05) is 25.6 Å². The molecule has 2 unspecified atom stereocenters. The summed E-state index contributed by atoms with van der Waals surface area (Å²) in [6.45, 7) is 5.44. The van der Waals surface area contributed by atoms with Gasteiger partial charge >= 0.3 is 5.97 Å². The van der Waals surface area contributed by atoms with E-state index in [0.29, 0.717) is 0 Å². The third kappa shape index (κ3) is 17.2. The monoisotopic (exact) mass is 386 g/mol. The van der Waals surface area contributed by atoms with E-state index in [0.717, 1.165) is 64.4 Å². The van der Waals surface area contributed by atoms with Crippen LogP contribution in [-0.2, 0) is 9.53 Å². The zero-order chi connectivity index (χ0) is 20.2. The van der Waals surface area contributed by atoms with E-state index in [1.54, 1.807) is 0 Å². The second kappa shape index (κ2) is 20.1. The first-order chi connectivity index (χ1) is 13.2. The molecular weight excluding hydrogens is 340 g/mol. The number of ether oxygens (including phenoxy) is 1. The van der Waals surface area contributed by atoms with Gasteiger partial charge in [-0.3, -0.25) is 4.79 Å². The van der Waals surface area contributed by atoms with Gasteiger partial charge in [0.2, 0.25) is 0 Å². The topological polar surface area (TPSA) is 66.8 Å². The largest absolute Gasteiger partial charge is 0.481 e. The van der Waals surface area contributed by atoms with Gasteiger partial charge in [-0.05, 0) is 25.7 Å². The van der Waals surface area contributed by atoms with Crippen LogP contribution in [-0.4, -0.2) is 35.5 Å². The van der Waals surface area contributed by atoms with Gasteiger partial charge in [-0.15, -0.1) is 0 Å². The summed E-state index contributed by atoms with van der Waals surface area (Å²) in [5, 5.41) is 18.6. The minimum Gasteiger partial charge on any atom is -0.481 e. The molecule has 0 saturated carbocycles. The Morgan fingerprint density at radius 2 is 1.33 bits per heavy atom. The van der Waals surface area contributed by atoms with Crippen LogP contribution in [0.15, 0.2) is 0 Å². The van der Waals surface area contributed by atoms with Gasteiger partial charge in [-0.2, -0.15) is 0 Å². The van der Waals surface area contributed by atoms with Crippen molar-refractivity contribution in [3.63, 3.8) is 0 Å². The van der Waals surface area contributed by atoms with Crippen molar-refractivity contribution in [2.45, 2.75) is 123 Å². The highest BCUT2D eigenvalue weighted by Crippen LogP contribution is 2.22. The minimum atomic E-state index is -0.695. The summed E-state index contributed by atoms with van der Waals surface area (Å²) in [6.07, 6.45) is 17.6. The number of hydrogen-bond donors (Lipinski definition) is 2. The van der Waals surface area contributed by atoms with E-state index in [1.165, 1.54) is 38.5 Å². The number of unbranched alkanes of at least 4 members (excludes halogenated alkanes) is 10. The maximum absolute atomic E-state index is 10.5. The standard InChI is InChI=1S/C23H46O4/c1-3-5-7-8-10-13-16-21(20-24)22(27-19-6-4-2)17-14-11-9-12-15-18-23(25)26/h21-22,24H,3-20H2,1-2H3,(H,25,26). The predicted molar refractivity (Wildman–Crippen MR) is 113 cm³/mol. The summed E-state index contributed by atoms with van der Waals surface area (Å²) in [7, 11) is 0. The molecule has 27 heavy (non-hydrogen) atoms. The smallest absolute Gasteiger partial charge is 0.303 e. The van der Waals surface area contributed by atoms with Crippen molar-refractivity contribution in [1.82, 2.24) is 0 Å². The average molecular weight is 387 g/mol. The molecule has 0 bridgehead atoms. The molecule has 0 aromatic heterocycles. The number of aliphatic carboxylic acids is 1. The fourth-order valence-corrected chi connectivity index (χ4v) is 3.57. The number of carboxylic acids is 1. The first-order valence-corrected chi connectivity index (χ1v) is 11.6. The van der Waals surface area contributed by atoms with Gasteiger partial charge < -0.3 is 14.9 Å². The Morgan fingerprint density at radius 3 is 1.93 bits per heavy atom. The molecule has 0 aliphatic rings. The number of carbonyl (C=O) groups is 1. The molecule has 0 aromatic rings. The number of hydrogen-bond acceptors (Lipinski definition) is 3. The van der Waals surface area contributed by atoms with Crippen molar-refractivity contribution in [2.75, 3.05) is 13.2 Å². The SMILES string of the molecule is CCCCCCCCC(CO)C(CCCCCCCC(=O)O)OCCCC. The number of aliphatic hydroxyl groups is 1. The van der Waals surface area contributed by atoms with Crippen molar-refractivity contribution in [2.24, 2.45) is 5.92 Å². The summed E-state index contributed by atoms with van der Waals surface area (Å²) in [4.78, 5) is 10.5. The van der Waals surface area contributed by atoms with E-state index < -0.39 is 5.97 Å². The van der Waals surface area contributed by atoms with Crippen LogP contribution in [0.3, 0.4) is 0 Å². The van der Waals surface area contributed by atoms with Gasteiger partial charge in [0.25, 0.3) is 0 Å².